The van der Waals surface area contributed by atoms with Crippen LogP contribution in [0.25, 0.3) is 23.3 Å². The Labute approximate surface area is 553 Å². The average molecular weight is 1300 g/mol. The highest BCUT2D eigenvalue weighted by Crippen LogP contribution is 2.40. The Morgan fingerprint density at radius 1 is 0.453 bits per heavy atom. The Morgan fingerprint density at radius 3 is 1.08 bits per heavy atom. The molecule has 2 aromatic carbocycles. The van der Waals surface area contributed by atoms with E-state index >= 15 is 0 Å². The molecule has 28 nitrogen and oxygen atoms in total. The summed E-state index contributed by atoms with van der Waals surface area (Å²) < 4.78 is 33.7. The Balaban J connectivity index is 1.38. The number of carbonyl (C=O) groups excluding carboxylic acids is 4. The number of nitrogens with zero attached hydrogens (tertiary/aromatic N) is 17. The van der Waals surface area contributed by atoms with E-state index in [1.165, 1.54) is 55.1 Å². The molecule has 0 unspecified atom stereocenters. The zero-order chi connectivity index (χ0) is 68.7. The molecule has 0 amide bonds. The number of nitrogens with two attached hydrogens (primary N) is 2. The number of carbonyl (C=O) groups is 4. The van der Waals surface area contributed by atoms with Gasteiger partial charge in [-0.2, -0.15) is 55.2 Å². The second kappa shape index (κ2) is 35.1. The number of aromatic nitrogens is 11. The van der Waals surface area contributed by atoms with Crippen molar-refractivity contribution in [2.45, 2.75) is 191 Å². The van der Waals surface area contributed by atoms with E-state index in [1.807, 2.05) is 76.2 Å². The number of unbranched alkanes of at least 4 members (excludes halogenated alkanes) is 7. The molecule has 0 aliphatic rings. The maximum atomic E-state index is 13.6. The largest absolute Gasteiger partial charge is 0.463 e. The van der Waals surface area contributed by atoms with E-state index in [1.54, 1.807) is 0 Å². The number of ether oxygens (including phenoxy) is 5. The van der Waals surface area contributed by atoms with Crippen LogP contribution < -0.4 is 16.2 Å². The molecule has 5 heterocycles. The zero-order valence-corrected chi connectivity index (χ0v) is 56.4. The quantitative estimate of drug-likeness (QED) is 0.0159. The third-order valence-electron chi connectivity index (χ3n) is 14.9. The molecule has 28 heteroatoms. The second-order valence-corrected chi connectivity index (χ2v) is 23.2. The number of aryl methyl sites for hydroxylation is 2. The highest BCUT2D eigenvalue weighted by molar-refractivity contribution is 5.97. The van der Waals surface area contributed by atoms with Crippen LogP contribution in [0.15, 0.2) is 56.9 Å². The first kappa shape index (κ1) is 72.2. The van der Waals surface area contributed by atoms with Crippen molar-refractivity contribution in [2.24, 2.45) is 20.5 Å². The molecule has 0 spiro atoms. The lowest BCUT2D eigenvalue weighted by atomic mass is 10.1. The molecule has 5 aromatic heterocycles. The molecule has 0 atom stereocenters. The van der Waals surface area contributed by atoms with Crippen LogP contribution in [0, 0.1) is 22.7 Å². The van der Waals surface area contributed by atoms with E-state index in [0.717, 1.165) is 44.9 Å². The lowest BCUT2D eigenvalue weighted by Gasteiger charge is -2.11. The van der Waals surface area contributed by atoms with Crippen LogP contribution in [0.2, 0.25) is 0 Å². The SMILES string of the molecule is CCCCOC(=O)c1cc(C(=O)OCCCC)cc(-n2nc(CCCC)c(C#N)c2N=Nc2c(C(C)C)nn(-c3nc(OCCCC)nc(-n4nc(C(C)C)c(N=Nc5c(C#N)c(CCCC)nn5-c5cc(C(=O)OCCCC)cc(C(=O)OCCCC)c5)c4N)n3)c2N)c1. The van der Waals surface area contributed by atoms with Gasteiger partial charge in [-0.1, -0.05) is 121 Å². The maximum Gasteiger partial charge on any atom is 0.338 e. The van der Waals surface area contributed by atoms with Crippen molar-refractivity contribution in [1.82, 2.24) is 54.1 Å². The fraction of sp³-hybridized carbons (Fsp3) is 0.507. The highest BCUT2D eigenvalue weighted by atomic mass is 16.5. The minimum atomic E-state index is -0.665. The van der Waals surface area contributed by atoms with Gasteiger partial charge < -0.3 is 35.2 Å². The number of hydrogen-bond acceptors (Lipinski definition) is 24. The van der Waals surface area contributed by atoms with Crippen molar-refractivity contribution in [3.05, 3.63) is 92.6 Å². The number of nitrogen functional groups attached to an aromatic ring is 2. The minimum Gasteiger partial charge on any atom is -0.463 e. The first-order chi connectivity index (χ1) is 45.9. The van der Waals surface area contributed by atoms with Crippen molar-refractivity contribution in [3.8, 4) is 41.4 Å². The number of azo groups is 2. The summed E-state index contributed by atoms with van der Waals surface area (Å²) in [5.41, 5.74) is 16.7. The topological polar surface area (TPSA) is 373 Å². The van der Waals surface area contributed by atoms with Crippen LogP contribution in [0.5, 0.6) is 6.01 Å². The molecule has 4 N–H and O–H groups in total. The average Bonchev–Trinajstić information content (AvgIpc) is 1.66. The molecule has 95 heavy (non-hydrogen) atoms. The molecule has 0 aliphatic heterocycles. The van der Waals surface area contributed by atoms with Crippen LogP contribution in [-0.4, -0.2) is 111 Å². The summed E-state index contributed by atoms with van der Waals surface area (Å²) in [4.78, 5) is 68.5. The summed E-state index contributed by atoms with van der Waals surface area (Å²) in [6.07, 6.45) is 10.8. The van der Waals surface area contributed by atoms with Crippen molar-refractivity contribution in [3.63, 3.8) is 0 Å². The highest BCUT2D eigenvalue weighted by Gasteiger charge is 2.29. The number of rotatable bonds is 36. The molecule has 0 bridgehead atoms. The van der Waals surface area contributed by atoms with Gasteiger partial charge in [0.15, 0.2) is 34.6 Å². The summed E-state index contributed by atoms with van der Waals surface area (Å²) in [7, 11) is 0. The first-order valence-corrected chi connectivity index (χ1v) is 32.9. The molecule has 7 aromatic rings. The van der Waals surface area contributed by atoms with Gasteiger partial charge >= 0.3 is 29.9 Å². The van der Waals surface area contributed by atoms with E-state index in [9.17, 15) is 29.7 Å². The van der Waals surface area contributed by atoms with E-state index < -0.39 is 23.9 Å². The normalized spacial score (nSPS) is 11.5. The third kappa shape index (κ3) is 17.9. The Kier molecular flexibility index (Phi) is 26.7. The van der Waals surface area contributed by atoms with Crippen LogP contribution in [0.4, 0.5) is 34.6 Å². The summed E-state index contributed by atoms with van der Waals surface area (Å²) in [6, 6.07) is 13.2. The monoisotopic (exact) mass is 1300 g/mol. The predicted molar refractivity (Wildman–Crippen MR) is 354 cm³/mol. The van der Waals surface area contributed by atoms with Crippen molar-refractivity contribution in [1.29, 1.82) is 10.5 Å². The lowest BCUT2D eigenvalue weighted by Crippen LogP contribution is -2.15. The summed E-state index contributed by atoms with van der Waals surface area (Å²) in [6.45, 7) is 22.3. The molecule has 7 rings (SSSR count). The lowest BCUT2D eigenvalue weighted by molar-refractivity contribution is 0.0479. The number of hydrogen-bond donors (Lipinski definition) is 2. The van der Waals surface area contributed by atoms with E-state index in [2.05, 4.69) is 32.3 Å². The van der Waals surface area contributed by atoms with Crippen molar-refractivity contribution < 1.29 is 42.9 Å². The fourth-order valence-electron chi connectivity index (χ4n) is 9.49. The van der Waals surface area contributed by atoms with E-state index in [-0.39, 0.29) is 142 Å². The molecule has 504 valence electrons. The van der Waals surface area contributed by atoms with Crippen LogP contribution in [0.3, 0.4) is 0 Å². The standard InChI is InChI=1S/C67H87N19O9/c1-12-19-26-51-49(39-68)59(83(79-51)47-35-43(61(87)91-28-21-14-3)33-44(36-47)62(88)92-29-22-15-4)77-75-55-53(41(8)9)81-85(57(55)70)65-72-66(74-67(73-65)95-32-25-18-7)86-58(71)56(54(82-86)42(10)11)76-78-60-50(40-69)52(27-20-13-2)80-84(60)48-37-45(63(89)93-30-23-16-5)34-46(38-48)64(90)94-31-24-17-6/h33-38,41-42H,12-32,70-71H2,1-11H3. The van der Waals surface area contributed by atoms with Gasteiger partial charge in [-0.05, 0) is 106 Å². The zero-order valence-electron chi connectivity index (χ0n) is 56.4. The van der Waals surface area contributed by atoms with Gasteiger partial charge in [0, 0.05) is 0 Å². The van der Waals surface area contributed by atoms with Crippen molar-refractivity contribution in [2.75, 3.05) is 44.5 Å². The number of nitriles is 2. The van der Waals surface area contributed by atoms with Crippen LogP contribution in [-0.2, 0) is 31.8 Å². The van der Waals surface area contributed by atoms with Gasteiger partial charge in [0.25, 0.3) is 11.9 Å². The molecule has 0 aliphatic carbocycles. The van der Waals surface area contributed by atoms with E-state index in [4.69, 9.17) is 70.8 Å². The summed E-state index contributed by atoms with van der Waals surface area (Å²) >= 11 is 0. The third-order valence-corrected chi connectivity index (χ3v) is 14.9. The van der Waals surface area contributed by atoms with Gasteiger partial charge in [0.1, 0.15) is 23.3 Å². The van der Waals surface area contributed by atoms with Crippen molar-refractivity contribution >= 4 is 58.5 Å². The Bertz CT molecular complexity index is 3650. The molecular formula is C67H87N19O9. The Hall–Kier alpha value is -10.3. The molecule has 0 saturated heterocycles. The second-order valence-electron chi connectivity index (χ2n) is 23.2. The number of esters is 4. The smallest absolute Gasteiger partial charge is 0.338 e. The van der Waals surface area contributed by atoms with Gasteiger partial charge in [-0.3, -0.25) is 0 Å². The Morgan fingerprint density at radius 2 is 0.779 bits per heavy atom. The number of benzene rings is 2. The first-order valence-electron chi connectivity index (χ1n) is 32.9. The van der Waals surface area contributed by atoms with Gasteiger partial charge in [-0.15, -0.1) is 20.5 Å². The minimum absolute atomic E-state index is 0.0209. The predicted octanol–water partition coefficient (Wildman–Crippen LogP) is 14.3. The maximum absolute atomic E-state index is 13.6. The summed E-state index contributed by atoms with van der Waals surface area (Å²) in [5, 5.41) is 59.9. The van der Waals surface area contributed by atoms with Gasteiger partial charge in [-0.25, -0.2) is 28.5 Å². The van der Waals surface area contributed by atoms with Crippen LogP contribution in [0.1, 0.15) is 253 Å². The van der Waals surface area contributed by atoms with Gasteiger partial charge in [0.05, 0.1) is 89.4 Å². The van der Waals surface area contributed by atoms with Crippen LogP contribution >= 0.6 is 0 Å². The molecular weight excluding hydrogens is 1210 g/mol. The summed E-state index contributed by atoms with van der Waals surface area (Å²) in [5.74, 6) is -3.82. The number of anilines is 2. The van der Waals surface area contributed by atoms with Gasteiger partial charge in [0.2, 0.25) is 0 Å². The molecule has 0 fully saturated rings. The van der Waals surface area contributed by atoms with E-state index in [0.29, 0.717) is 80.6 Å². The molecule has 0 saturated carbocycles. The fourth-order valence-corrected chi connectivity index (χ4v) is 9.49. The molecule has 0 radical (unpaired) electrons.